The van der Waals surface area contributed by atoms with Crippen molar-refractivity contribution in [2.75, 3.05) is 20.3 Å². The highest BCUT2D eigenvalue weighted by Crippen LogP contribution is 2.39. The van der Waals surface area contributed by atoms with Crippen molar-refractivity contribution in [1.29, 1.82) is 0 Å². The van der Waals surface area contributed by atoms with Gasteiger partial charge in [-0.05, 0) is 54.7 Å². The molecule has 4 rings (SSSR count). The average molecular weight is 364 g/mol. The minimum atomic E-state index is -0.0180. The van der Waals surface area contributed by atoms with Gasteiger partial charge in [0.05, 0.1) is 19.8 Å². The number of H-pyrrole nitrogens is 1. The van der Waals surface area contributed by atoms with E-state index in [-0.39, 0.29) is 6.04 Å². The van der Waals surface area contributed by atoms with Crippen LogP contribution in [0.1, 0.15) is 29.7 Å². The first-order chi connectivity index (χ1) is 13.2. The number of benzene rings is 2. The number of para-hydroxylation sites is 1. The third-order valence-corrected chi connectivity index (χ3v) is 5.35. The smallest absolute Gasteiger partial charge is 0.210 e. The largest absolute Gasteiger partial charge is 0.493 e. The fourth-order valence-corrected chi connectivity index (χ4v) is 4.02. The van der Waals surface area contributed by atoms with Gasteiger partial charge in [0, 0.05) is 23.6 Å². The van der Waals surface area contributed by atoms with E-state index in [0.29, 0.717) is 13.2 Å². The van der Waals surface area contributed by atoms with Gasteiger partial charge >= 0.3 is 0 Å². The van der Waals surface area contributed by atoms with E-state index < -0.39 is 0 Å². The van der Waals surface area contributed by atoms with Gasteiger partial charge in [-0.2, -0.15) is 0 Å². The zero-order valence-corrected chi connectivity index (χ0v) is 15.7. The van der Waals surface area contributed by atoms with Crippen molar-refractivity contribution in [2.45, 2.75) is 25.8 Å². The number of methoxy groups -OCH3 is 1. The Kier molecular flexibility index (Phi) is 4.75. The lowest BCUT2D eigenvalue weighted by Gasteiger charge is -2.35. The van der Waals surface area contributed by atoms with Crippen LogP contribution in [0.15, 0.2) is 42.6 Å². The van der Waals surface area contributed by atoms with E-state index in [2.05, 4.69) is 29.4 Å². The second-order valence-corrected chi connectivity index (χ2v) is 6.81. The summed E-state index contributed by atoms with van der Waals surface area (Å²) in [4.78, 5) is 17.0. The lowest BCUT2D eigenvalue weighted by Crippen LogP contribution is -2.35. The summed E-state index contributed by atoms with van der Waals surface area (Å²) >= 11 is 0. The molecule has 1 amide bonds. The van der Waals surface area contributed by atoms with Crippen molar-refractivity contribution < 1.29 is 14.3 Å². The van der Waals surface area contributed by atoms with Gasteiger partial charge in [0.25, 0.3) is 0 Å². The van der Waals surface area contributed by atoms with Gasteiger partial charge in [0.1, 0.15) is 0 Å². The normalized spacial score (nSPS) is 16.2. The molecular weight excluding hydrogens is 340 g/mol. The van der Waals surface area contributed by atoms with Crippen molar-refractivity contribution in [1.82, 2.24) is 9.88 Å². The van der Waals surface area contributed by atoms with Crippen molar-refractivity contribution in [3.63, 3.8) is 0 Å². The maximum Gasteiger partial charge on any atom is 0.210 e. The number of aromatic amines is 1. The molecule has 2 aromatic carbocycles. The molecule has 3 aromatic rings. The zero-order chi connectivity index (χ0) is 18.8. The molecule has 27 heavy (non-hydrogen) atoms. The van der Waals surface area contributed by atoms with Crippen LogP contribution >= 0.6 is 0 Å². The van der Waals surface area contributed by atoms with Crippen LogP contribution in [-0.4, -0.2) is 36.6 Å². The number of hydrogen-bond donors (Lipinski definition) is 1. The van der Waals surface area contributed by atoms with Crippen molar-refractivity contribution in [2.24, 2.45) is 0 Å². The number of nitrogens with zero attached hydrogens (tertiary/aromatic N) is 1. The average Bonchev–Trinajstić information content (AvgIpc) is 3.11. The van der Waals surface area contributed by atoms with Crippen LogP contribution in [0.4, 0.5) is 0 Å². The van der Waals surface area contributed by atoms with E-state index in [1.165, 1.54) is 16.5 Å². The lowest BCUT2D eigenvalue weighted by molar-refractivity contribution is -0.120. The number of nitrogens with one attached hydrogen (secondary N) is 1. The van der Waals surface area contributed by atoms with Gasteiger partial charge in [0.15, 0.2) is 11.5 Å². The number of hydrogen-bond acceptors (Lipinski definition) is 3. The minimum Gasteiger partial charge on any atom is -0.493 e. The van der Waals surface area contributed by atoms with Crippen LogP contribution in [-0.2, 0) is 17.6 Å². The Bertz CT molecular complexity index is 963. The van der Waals surface area contributed by atoms with Crippen molar-refractivity contribution in [3.05, 3.63) is 59.3 Å². The fraction of sp³-hybridized carbons (Fsp3) is 0.318. The Hall–Kier alpha value is -2.95. The number of rotatable bonds is 6. The molecule has 1 aromatic heterocycles. The molecule has 5 nitrogen and oxygen atoms in total. The van der Waals surface area contributed by atoms with Crippen molar-refractivity contribution >= 4 is 17.3 Å². The van der Waals surface area contributed by atoms with Gasteiger partial charge in [-0.25, -0.2) is 0 Å². The summed E-state index contributed by atoms with van der Waals surface area (Å²) in [5.74, 6) is 1.48. The van der Waals surface area contributed by atoms with Gasteiger partial charge < -0.3 is 19.4 Å². The molecule has 5 heteroatoms. The maximum atomic E-state index is 11.8. The second kappa shape index (κ2) is 7.35. The maximum absolute atomic E-state index is 11.8. The van der Waals surface area contributed by atoms with Crippen LogP contribution in [0.25, 0.3) is 10.9 Å². The predicted octanol–water partition coefficient (Wildman–Crippen LogP) is 3.87. The third kappa shape index (κ3) is 3.14. The molecular formula is C22H24N2O3. The van der Waals surface area contributed by atoms with Gasteiger partial charge in [-0.1, -0.05) is 18.2 Å². The summed E-state index contributed by atoms with van der Waals surface area (Å²) in [6, 6.07) is 12.4. The summed E-state index contributed by atoms with van der Waals surface area (Å²) in [5.41, 5.74) is 4.69. The number of aromatic nitrogens is 1. The SMILES string of the molecule is CCOc1cc2c(cc1OC)CCN(C=O)[C@@H]2Cc1c[nH]c2ccccc12. The topological polar surface area (TPSA) is 54.6 Å². The molecule has 0 saturated carbocycles. The van der Waals surface area contributed by atoms with Gasteiger partial charge in [0.2, 0.25) is 6.41 Å². The molecule has 0 unspecified atom stereocenters. The van der Waals surface area contributed by atoms with Crippen LogP contribution in [0.3, 0.4) is 0 Å². The minimum absolute atomic E-state index is 0.0180. The number of ether oxygens (including phenoxy) is 2. The molecule has 0 spiro atoms. The molecule has 1 aliphatic rings. The lowest BCUT2D eigenvalue weighted by atomic mass is 9.88. The molecule has 1 atom stereocenters. The number of fused-ring (bicyclic) bond motifs is 2. The van der Waals surface area contributed by atoms with E-state index >= 15 is 0 Å². The fourth-order valence-electron chi connectivity index (χ4n) is 4.02. The van der Waals surface area contributed by atoms with Crippen LogP contribution in [0.5, 0.6) is 11.5 Å². The van der Waals surface area contributed by atoms with E-state index in [0.717, 1.165) is 41.8 Å². The standard InChI is InChI=1S/C22H24N2O3/c1-3-27-22-12-18-15(11-21(22)26-2)8-9-24(14-25)20(18)10-16-13-23-19-7-5-4-6-17(16)19/h4-7,11-14,20,23H,3,8-10H2,1-2H3/t20-/m1/s1. The first-order valence-corrected chi connectivity index (χ1v) is 9.34. The van der Waals surface area contributed by atoms with Crippen molar-refractivity contribution in [3.8, 4) is 11.5 Å². The van der Waals surface area contributed by atoms with Crippen LogP contribution < -0.4 is 9.47 Å². The third-order valence-electron chi connectivity index (χ3n) is 5.35. The summed E-state index contributed by atoms with van der Waals surface area (Å²) in [6.45, 7) is 3.24. The quantitative estimate of drug-likeness (QED) is 0.676. The molecule has 140 valence electrons. The highest BCUT2D eigenvalue weighted by molar-refractivity contribution is 5.83. The summed E-state index contributed by atoms with van der Waals surface area (Å²) < 4.78 is 11.3. The van der Waals surface area contributed by atoms with E-state index in [1.54, 1.807) is 7.11 Å². The Morgan fingerprint density at radius 3 is 2.89 bits per heavy atom. The predicted molar refractivity (Wildman–Crippen MR) is 105 cm³/mol. The number of amides is 1. The Morgan fingerprint density at radius 1 is 1.26 bits per heavy atom. The zero-order valence-electron chi connectivity index (χ0n) is 15.7. The number of carbonyl (C=O) groups is 1. The van der Waals surface area contributed by atoms with E-state index in [9.17, 15) is 4.79 Å². The first-order valence-electron chi connectivity index (χ1n) is 9.34. The Labute approximate surface area is 158 Å². The van der Waals surface area contributed by atoms with Crippen LogP contribution in [0, 0.1) is 0 Å². The molecule has 0 aliphatic carbocycles. The molecule has 1 N–H and O–H groups in total. The molecule has 0 fully saturated rings. The Morgan fingerprint density at radius 2 is 2.11 bits per heavy atom. The molecule has 0 saturated heterocycles. The highest BCUT2D eigenvalue weighted by Gasteiger charge is 2.29. The molecule has 0 bridgehead atoms. The first kappa shape index (κ1) is 17.5. The summed E-state index contributed by atoms with van der Waals surface area (Å²) in [6.07, 6.45) is 4.59. The number of carbonyl (C=O) groups excluding carboxylic acids is 1. The van der Waals surface area contributed by atoms with E-state index in [4.69, 9.17) is 9.47 Å². The monoisotopic (exact) mass is 364 g/mol. The Balaban J connectivity index is 1.77. The highest BCUT2D eigenvalue weighted by atomic mass is 16.5. The second-order valence-electron chi connectivity index (χ2n) is 6.81. The van der Waals surface area contributed by atoms with Gasteiger partial charge in [-0.15, -0.1) is 0 Å². The van der Waals surface area contributed by atoms with Crippen LogP contribution in [0.2, 0.25) is 0 Å². The summed E-state index contributed by atoms with van der Waals surface area (Å²) in [5, 5.41) is 1.20. The molecule has 0 radical (unpaired) electrons. The van der Waals surface area contributed by atoms with E-state index in [1.807, 2.05) is 30.0 Å². The molecule has 2 heterocycles. The van der Waals surface area contributed by atoms with Gasteiger partial charge in [-0.3, -0.25) is 4.79 Å². The summed E-state index contributed by atoms with van der Waals surface area (Å²) in [7, 11) is 1.66. The molecule has 1 aliphatic heterocycles.